The zero-order valence-corrected chi connectivity index (χ0v) is 14.1. The third-order valence-electron chi connectivity index (χ3n) is 3.13. The number of sulfone groups is 1. The molecule has 8 nitrogen and oxygen atoms in total. The van der Waals surface area contributed by atoms with Crippen LogP contribution >= 0.6 is 0 Å². The van der Waals surface area contributed by atoms with Crippen molar-refractivity contribution >= 4 is 20.9 Å². The summed E-state index contributed by atoms with van der Waals surface area (Å²) >= 11 is 0. The van der Waals surface area contributed by atoms with E-state index in [1.165, 1.54) is 12.5 Å². The Morgan fingerprint density at radius 2 is 1.68 bits per heavy atom. The van der Waals surface area contributed by atoms with E-state index in [0.717, 1.165) is 17.3 Å². The van der Waals surface area contributed by atoms with Crippen molar-refractivity contribution in [3.05, 3.63) is 67.6 Å². The van der Waals surface area contributed by atoms with E-state index in [1.54, 1.807) is 35.4 Å². The Labute approximate surface area is 144 Å². The lowest BCUT2D eigenvalue weighted by Gasteiger charge is -2.04. The second-order valence-corrected chi connectivity index (χ2v) is 6.89. The second-order valence-electron chi connectivity index (χ2n) is 4.98. The predicted molar refractivity (Wildman–Crippen MR) is 91.8 cm³/mol. The van der Waals surface area contributed by atoms with Crippen molar-refractivity contribution in [2.24, 2.45) is 0 Å². The fraction of sp³-hybridized carbons (Fsp3) is 0.0625. The molecule has 0 saturated carbocycles. The number of rotatable bonds is 2. The molecule has 3 heterocycles. The van der Waals surface area contributed by atoms with E-state index >= 15 is 0 Å². The predicted octanol–water partition coefficient (Wildman–Crippen LogP) is 1.70. The molecular formula is C16H14N6O2S. The Morgan fingerprint density at radius 1 is 0.920 bits per heavy atom. The fourth-order valence-corrected chi connectivity index (χ4v) is 2.55. The average Bonchev–Trinajstić information content (AvgIpc) is 3.07. The molecule has 0 bridgehead atoms. The zero-order chi connectivity index (χ0) is 17.7. The van der Waals surface area contributed by atoms with Gasteiger partial charge in [0.05, 0.1) is 11.0 Å². The maximum absolute atomic E-state index is 11.5. The lowest BCUT2D eigenvalue weighted by atomic mass is 10.3. The van der Waals surface area contributed by atoms with Gasteiger partial charge in [-0.05, 0) is 24.3 Å². The molecule has 4 aromatic rings. The lowest BCUT2D eigenvalue weighted by molar-refractivity contribution is 0.592. The molecule has 0 saturated heterocycles. The zero-order valence-electron chi connectivity index (χ0n) is 13.3. The minimum Gasteiger partial charge on any atom is -0.283 e. The first kappa shape index (κ1) is 16.7. The molecule has 4 rings (SSSR count). The van der Waals surface area contributed by atoms with E-state index in [1.807, 2.05) is 24.3 Å². The van der Waals surface area contributed by atoms with Crippen LogP contribution in [0.3, 0.4) is 0 Å². The standard InChI is InChI=1S/C12H10N4O2S.C4H4N2/c1-19(17,18)12-13-7-6-11(15-12)16-8-14-9-4-2-3-5-10(9)16;1-2-5-4-6-3-1/h2-8H,1H3;1-4H. The van der Waals surface area contributed by atoms with Crippen LogP contribution < -0.4 is 0 Å². The van der Waals surface area contributed by atoms with Crippen LogP contribution in [0.2, 0.25) is 0 Å². The Bertz CT molecular complexity index is 1050. The Kier molecular flexibility index (Phi) is 4.75. The summed E-state index contributed by atoms with van der Waals surface area (Å²) in [6.45, 7) is 0. The van der Waals surface area contributed by atoms with Gasteiger partial charge < -0.3 is 0 Å². The maximum atomic E-state index is 11.5. The number of fused-ring (bicyclic) bond motifs is 1. The molecule has 0 amide bonds. The van der Waals surface area contributed by atoms with Crippen LogP contribution in [-0.2, 0) is 9.84 Å². The number of hydrogen-bond acceptors (Lipinski definition) is 7. The van der Waals surface area contributed by atoms with Crippen molar-refractivity contribution in [3.8, 4) is 5.82 Å². The molecule has 9 heteroatoms. The lowest BCUT2D eigenvalue weighted by Crippen LogP contribution is -2.06. The highest BCUT2D eigenvalue weighted by Crippen LogP contribution is 2.16. The Morgan fingerprint density at radius 3 is 2.32 bits per heavy atom. The SMILES string of the molecule is CS(=O)(=O)c1nccc(-n2cnc3ccccc32)n1.c1cncnc1. The molecule has 0 aliphatic rings. The molecular weight excluding hydrogens is 340 g/mol. The van der Waals surface area contributed by atoms with Gasteiger partial charge in [-0.3, -0.25) is 4.57 Å². The highest BCUT2D eigenvalue weighted by atomic mass is 32.2. The van der Waals surface area contributed by atoms with Gasteiger partial charge in [-0.25, -0.2) is 33.3 Å². The number of nitrogens with zero attached hydrogens (tertiary/aromatic N) is 6. The van der Waals surface area contributed by atoms with E-state index < -0.39 is 9.84 Å². The number of imidazole rings is 1. The molecule has 0 N–H and O–H groups in total. The number of benzene rings is 1. The third-order valence-corrected chi connectivity index (χ3v) is 3.99. The van der Waals surface area contributed by atoms with E-state index in [2.05, 4.69) is 24.9 Å². The summed E-state index contributed by atoms with van der Waals surface area (Å²) < 4.78 is 24.7. The van der Waals surface area contributed by atoms with Crippen molar-refractivity contribution in [2.45, 2.75) is 5.16 Å². The summed E-state index contributed by atoms with van der Waals surface area (Å²) in [5, 5.41) is -0.192. The van der Waals surface area contributed by atoms with E-state index in [0.29, 0.717) is 5.82 Å². The van der Waals surface area contributed by atoms with Crippen LogP contribution in [0, 0.1) is 0 Å². The normalized spacial score (nSPS) is 10.9. The molecule has 0 aliphatic carbocycles. The number of aromatic nitrogens is 6. The monoisotopic (exact) mass is 354 g/mol. The van der Waals surface area contributed by atoms with Gasteiger partial charge in [0.1, 0.15) is 18.5 Å². The molecule has 1 aromatic carbocycles. The minimum absolute atomic E-state index is 0.192. The fourth-order valence-electron chi connectivity index (χ4n) is 2.04. The van der Waals surface area contributed by atoms with Crippen LogP contribution in [-0.4, -0.2) is 44.2 Å². The summed E-state index contributed by atoms with van der Waals surface area (Å²) in [5.74, 6) is 0.476. The van der Waals surface area contributed by atoms with Crippen molar-refractivity contribution < 1.29 is 8.42 Å². The Balaban J connectivity index is 0.000000258. The summed E-state index contributed by atoms with van der Waals surface area (Å²) in [4.78, 5) is 19.4. The van der Waals surface area contributed by atoms with Crippen LogP contribution in [0.25, 0.3) is 16.9 Å². The maximum Gasteiger partial charge on any atom is 0.248 e. The van der Waals surface area contributed by atoms with Gasteiger partial charge in [0.2, 0.25) is 15.0 Å². The van der Waals surface area contributed by atoms with Crippen molar-refractivity contribution in [3.63, 3.8) is 0 Å². The van der Waals surface area contributed by atoms with E-state index in [-0.39, 0.29) is 5.16 Å². The molecule has 0 spiro atoms. The molecule has 0 atom stereocenters. The third kappa shape index (κ3) is 4.01. The average molecular weight is 354 g/mol. The van der Waals surface area contributed by atoms with Gasteiger partial charge in [-0.15, -0.1) is 0 Å². The first-order valence-electron chi connectivity index (χ1n) is 7.21. The highest BCUT2D eigenvalue weighted by Gasteiger charge is 2.13. The van der Waals surface area contributed by atoms with Gasteiger partial charge in [0.25, 0.3) is 0 Å². The number of para-hydroxylation sites is 2. The van der Waals surface area contributed by atoms with Gasteiger partial charge in [-0.2, -0.15) is 0 Å². The van der Waals surface area contributed by atoms with Crippen LogP contribution in [0.4, 0.5) is 0 Å². The van der Waals surface area contributed by atoms with Crippen molar-refractivity contribution in [1.29, 1.82) is 0 Å². The minimum atomic E-state index is -3.43. The van der Waals surface area contributed by atoms with Crippen LogP contribution in [0.5, 0.6) is 0 Å². The molecule has 3 aromatic heterocycles. The quantitative estimate of drug-likeness (QED) is 0.505. The Hall–Kier alpha value is -3.20. The van der Waals surface area contributed by atoms with Gasteiger partial charge in [0, 0.05) is 24.8 Å². The molecule has 25 heavy (non-hydrogen) atoms. The second kappa shape index (κ2) is 7.14. The first-order valence-corrected chi connectivity index (χ1v) is 9.10. The molecule has 0 radical (unpaired) electrons. The smallest absolute Gasteiger partial charge is 0.248 e. The van der Waals surface area contributed by atoms with Crippen molar-refractivity contribution in [2.75, 3.05) is 6.26 Å². The van der Waals surface area contributed by atoms with Gasteiger partial charge >= 0.3 is 0 Å². The largest absolute Gasteiger partial charge is 0.283 e. The van der Waals surface area contributed by atoms with Gasteiger partial charge in [0.15, 0.2) is 0 Å². The molecule has 0 aliphatic heterocycles. The van der Waals surface area contributed by atoms with Crippen LogP contribution in [0.1, 0.15) is 0 Å². The topological polar surface area (TPSA) is 104 Å². The van der Waals surface area contributed by atoms with Crippen LogP contribution in [0.15, 0.2) is 72.8 Å². The molecule has 126 valence electrons. The van der Waals surface area contributed by atoms with Gasteiger partial charge in [-0.1, -0.05) is 12.1 Å². The first-order chi connectivity index (χ1) is 12.1. The molecule has 0 unspecified atom stereocenters. The highest BCUT2D eigenvalue weighted by molar-refractivity contribution is 7.90. The van der Waals surface area contributed by atoms with Crippen molar-refractivity contribution in [1.82, 2.24) is 29.5 Å². The summed E-state index contributed by atoms with van der Waals surface area (Å²) in [6.07, 6.45) is 8.99. The van der Waals surface area contributed by atoms with E-state index in [4.69, 9.17) is 0 Å². The summed E-state index contributed by atoms with van der Waals surface area (Å²) in [6, 6.07) is 11.0. The van der Waals surface area contributed by atoms with E-state index in [9.17, 15) is 8.42 Å². The number of hydrogen-bond donors (Lipinski definition) is 0. The summed E-state index contributed by atoms with van der Waals surface area (Å²) in [7, 11) is -3.43. The summed E-state index contributed by atoms with van der Waals surface area (Å²) in [5.41, 5.74) is 1.68. The molecule has 0 fully saturated rings.